The number of amides is 1. The zero-order chi connectivity index (χ0) is 19.7. The molecule has 3 heterocycles. The van der Waals surface area contributed by atoms with E-state index in [0.29, 0.717) is 17.1 Å². The lowest BCUT2D eigenvalue weighted by molar-refractivity contribution is 0.102. The second-order valence-corrected chi connectivity index (χ2v) is 7.47. The summed E-state index contributed by atoms with van der Waals surface area (Å²) in [4.78, 5) is 18.3. The van der Waals surface area contributed by atoms with Gasteiger partial charge >= 0.3 is 0 Å². The van der Waals surface area contributed by atoms with Crippen LogP contribution in [0.4, 0.5) is 11.4 Å². The first-order valence-corrected chi connectivity index (χ1v) is 9.59. The van der Waals surface area contributed by atoms with Crippen molar-refractivity contribution in [2.75, 3.05) is 11.1 Å². The molecule has 0 fully saturated rings. The number of hydrogen-bond donors (Lipinski definition) is 2. The third kappa shape index (κ3) is 3.52. The molecular weight excluding hydrogens is 370 g/mol. The third-order valence-electron chi connectivity index (χ3n) is 4.44. The van der Waals surface area contributed by atoms with Crippen LogP contribution in [0, 0.1) is 6.92 Å². The number of hydrogen-bond acceptors (Lipinski definition) is 5. The number of benzene rings is 1. The lowest BCUT2D eigenvalue weighted by atomic mass is 10.1. The standard InChI is InChI=1S/C21H19N5OS/c1-13-8-15(16-11-24-26(2)12-16)10-23-20(13)21(27)25-18-9-14(5-6-17(18)22)19-4-3-7-28-19/h3-12H,22H2,1-2H3,(H,25,27). The van der Waals surface area contributed by atoms with Gasteiger partial charge < -0.3 is 11.1 Å². The molecule has 0 aliphatic rings. The number of nitrogens with two attached hydrogens (primary N) is 1. The van der Waals surface area contributed by atoms with Crippen LogP contribution >= 0.6 is 11.3 Å². The number of anilines is 2. The van der Waals surface area contributed by atoms with Crippen molar-refractivity contribution in [3.05, 3.63) is 71.6 Å². The Bertz CT molecular complexity index is 1150. The normalized spacial score (nSPS) is 10.8. The Morgan fingerprint density at radius 1 is 1.14 bits per heavy atom. The van der Waals surface area contributed by atoms with Crippen LogP contribution in [0.2, 0.25) is 0 Å². The Hall–Kier alpha value is -3.45. The van der Waals surface area contributed by atoms with Gasteiger partial charge in [0.2, 0.25) is 0 Å². The number of pyridine rings is 1. The SMILES string of the molecule is Cc1cc(-c2cnn(C)c2)cnc1C(=O)Nc1cc(-c2cccs2)ccc1N. The molecule has 7 heteroatoms. The molecule has 0 unspecified atom stereocenters. The fourth-order valence-corrected chi connectivity index (χ4v) is 3.71. The first kappa shape index (κ1) is 17.9. The number of nitrogen functional groups attached to an aromatic ring is 1. The molecule has 4 rings (SSSR count). The molecule has 28 heavy (non-hydrogen) atoms. The van der Waals surface area contributed by atoms with Crippen molar-refractivity contribution in [2.45, 2.75) is 6.92 Å². The Morgan fingerprint density at radius 2 is 2.00 bits per heavy atom. The second-order valence-electron chi connectivity index (χ2n) is 6.53. The van der Waals surface area contributed by atoms with Crippen LogP contribution in [0.5, 0.6) is 0 Å². The van der Waals surface area contributed by atoms with Gasteiger partial charge in [-0.2, -0.15) is 5.10 Å². The molecule has 3 aromatic heterocycles. The lowest BCUT2D eigenvalue weighted by Crippen LogP contribution is -2.16. The van der Waals surface area contributed by atoms with E-state index in [0.717, 1.165) is 27.1 Å². The summed E-state index contributed by atoms with van der Waals surface area (Å²) in [6, 6.07) is 11.6. The maximum Gasteiger partial charge on any atom is 0.274 e. The number of aryl methyl sites for hydroxylation is 2. The van der Waals surface area contributed by atoms with Crippen LogP contribution in [0.25, 0.3) is 21.6 Å². The molecule has 1 aromatic carbocycles. The smallest absolute Gasteiger partial charge is 0.274 e. The molecule has 0 bridgehead atoms. The molecule has 3 N–H and O–H groups in total. The molecule has 0 aliphatic heterocycles. The van der Waals surface area contributed by atoms with E-state index in [2.05, 4.69) is 15.4 Å². The highest BCUT2D eigenvalue weighted by Gasteiger charge is 2.15. The number of rotatable bonds is 4. The molecular formula is C21H19N5OS. The number of nitrogens with zero attached hydrogens (tertiary/aromatic N) is 3. The highest BCUT2D eigenvalue weighted by atomic mass is 32.1. The van der Waals surface area contributed by atoms with Gasteiger partial charge in [-0.25, -0.2) is 0 Å². The van der Waals surface area contributed by atoms with Gasteiger partial charge in [-0.1, -0.05) is 12.1 Å². The number of carbonyl (C=O) groups excluding carboxylic acids is 1. The van der Waals surface area contributed by atoms with E-state index in [1.807, 2.05) is 55.9 Å². The quantitative estimate of drug-likeness (QED) is 0.508. The minimum atomic E-state index is -0.287. The van der Waals surface area contributed by atoms with Crippen molar-refractivity contribution in [2.24, 2.45) is 7.05 Å². The molecule has 6 nitrogen and oxygen atoms in total. The maximum absolute atomic E-state index is 12.8. The molecule has 0 spiro atoms. The van der Waals surface area contributed by atoms with Crippen LogP contribution in [0.15, 0.2) is 60.4 Å². The van der Waals surface area contributed by atoms with Gasteiger partial charge in [0.05, 0.1) is 17.6 Å². The van der Waals surface area contributed by atoms with Crippen LogP contribution in [0.1, 0.15) is 16.1 Å². The molecule has 4 aromatic rings. The van der Waals surface area contributed by atoms with Crippen molar-refractivity contribution in [1.29, 1.82) is 0 Å². The van der Waals surface area contributed by atoms with E-state index in [1.54, 1.807) is 34.5 Å². The van der Waals surface area contributed by atoms with Crippen molar-refractivity contribution >= 4 is 28.6 Å². The number of thiophene rings is 1. The van der Waals surface area contributed by atoms with Crippen LogP contribution < -0.4 is 11.1 Å². The van der Waals surface area contributed by atoms with Gasteiger partial charge in [-0.3, -0.25) is 14.5 Å². The van der Waals surface area contributed by atoms with E-state index in [1.165, 1.54) is 0 Å². The van der Waals surface area contributed by atoms with E-state index in [4.69, 9.17) is 5.73 Å². The first-order chi connectivity index (χ1) is 13.5. The van der Waals surface area contributed by atoms with E-state index in [-0.39, 0.29) is 5.91 Å². The highest BCUT2D eigenvalue weighted by molar-refractivity contribution is 7.13. The third-order valence-corrected chi connectivity index (χ3v) is 5.36. The van der Waals surface area contributed by atoms with Gasteiger partial charge in [0.15, 0.2) is 0 Å². The average molecular weight is 389 g/mol. The molecule has 0 radical (unpaired) electrons. The molecule has 0 aliphatic carbocycles. The van der Waals surface area contributed by atoms with Gasteiger partial charge in [0, 0.05) is 35.4 Å². The largest absolute Gasteiger partial charge is 0.397 e. The van der Waals surface area contributed by atoms with Crippen molar-refractivity contribution in [1.82, 2.24) is 14.8 Å². The zero-order valence-corrected chi connectivity index (χ0v) is 16.3. The summed E-state index contributed by atoms with van der Waals surface area (Å²) < 4.78 is 1.73. The second kappa shape index (κ2) is 7.28. The summed E-state index contributed by atoms with van der Waals surface area (Å²) in [5.74, 6) is -0.287. The molecule has 1 amide bonds. The van der Waals surface area contributed by atoms with Crippen molar-refractivity contribution < 1.29 is 4.79 Å². The minimum absolute atomic E-state index is 0.287. The van der Waals surface area contributed by atoms with Crippen molar-refractivity contribution in [3.63, 3.8) is 0 Å². The Balaban J connectivity index is 1.59. The van der Waals surface area contributed by atoms with E-state index < -0.39 is 0 Å². The Kier molecular flexibility index (Phi) is 4.67. The Labute approximate surface area is 166 Å². The predicted octanol–water partition coefficient (Wildman–Crippen LogP) is 4.35. The van der Waals surface area contributed by atoms with E-state index >= 15 is 0 Å². The summed E-state index contributed by atoms with van der Waals surface area (Å²) in [6.07, 6.45) is 5.37. The van der Waals surface area contributed by atoms with Gasteiger partial charge in [0.1, 0.15) is 5.69 Å². The number of aromatic nitrogens is 3. The monoisotopic (exact) mass is 389 g/mol. The number of carbonyl (C=O) groups is 1. The molecule has 0 atom stereocenters. The fourth-order valence-electron chi connectivity index (χ4n) is 2.98. The first-order valence-electron chi connectivity index (χ1n) is 8.71. The van der Waals surface area contributed by atoms with E-state index in [9.17, 15) is 4.79 Å². The van der Waals surface area contributed by atoms with Gasteiger partial charge in [0.25, 0.3) is 5.91 Å². The van der Waals surface area contributed by atoms with Crippen molar-refractivity contribution in [3.8, 4) is 21.6 Å². The summed E-state index contributed by atoms with van der Waals surface area (Å²) in [6.45, 7) is 1.87. The summed E-state index contributed by atoms with van der Waals surface area (Å²) >= 11 is 1.64. The highest BCUT2D eigenvalue weighted by Crippen LogP contribution is 2.30. The lowest BCUT2D eigenvalue weighted by Gasteiger charge is -2.11. The fraction of sp³-hybridized carbons (Fsp3) is 0.0952. The number of nitrogens with one attached hydrogen (secondary N) is 1. The average Bonchev–Trinajstić information content (AvgIpc) is 3.35. The topological polar surface area (TPSA) is 85.8 Å². The summed E-state index contributed by atoms with van der Waals surface area (Å²) in [5.41, 5.74) is 11.2. The van der Waals surface area contributed by atoms with Crippen LogP contribution in [-0.2, 0) is 7.05 Å². The van der Waals surface area contributed by atoms with Gasteiger partial charge in [-0.15, -0.1) is 11.3 Å². The molecule has 140 valence electrons. The van der Waals surface area contributed by atoms with Crippen LogP contribution in [-0.4, -0.2) is 20.7 Å². The molecule has 0 saturated carbocycles. The maximum atomic E-state index is 12.8. The molecule has 0 saturated heterocycles. The zero-order valence-electron chi connectivity index (χ0n) is 15.5. The van der Waals surface area contributed by atoms with Gasteiger partial charge in [-0.05, 0) is 47.7 Å². The summed E-state index contributed by atoms with van der Waals surface area (Å²) in [7, 11) is 1.86. The predicted molar refractivity (Wildman–Crippen MR) is 113 cm³/mol. The van der Waals surface area contributed by atoms with Crippen LogP contribution in [0.3, 0.4) is 0 Å². The minimum Gasteiger partial charge on any atom is -0.397 e. The summed E-state index contributed by atoms with van der Waals surface area (Å²) in [5, 5.41) is 9.08. The Morgan fingerprint density at radius 3 is 2.68 bits per heavy atom.